The average molecular weight is 533 g/mol. The van der Waals surface area contributed by atoms with E-state index in [-0.39, 0.29) is 4.91 Å². The molecule has 2 heterocycles. The third-order valence-corrected chi connectivity index (χ3v) is 6.43. The first kappa shape index (κ1) is 25.2. The van der Waals surface area contributed by atoms with Crippen LogP contribution < -0.4 is 24.3 Å². The second kappa shape index (κ2) is 11.7. The highest BCUT2D eigenvalue weighted by Crippen LogP contribution is 2.34. The Morgan fingerprint density at radius 2 is 1.63 bits per heavy atom. The topological polar surface area (TPSA) is 103 Å². The largest absolute Gasteiger partial charge is 0.490 e. The molecule has 0 aromatic heterocycles. The summed E-state index contributed by atoms with van der Waals surface area (Å²) in [6, 6.07) is 21.6. The Hall–Kier alpha value is -4.44. The number of nitrogens with zero attached hydrogens (tertiary/aromatic N) is 1. The minimum atomic E-state index is -0.528. The number of amides is 3. The van der Waals surface area contributed by atoms with Crippen LogP contribution in [0.3, 0.4) is 0 Å². The van der Waals surface area contributed by atoms with Gasteiger partial charge in [0.05, 0.1) is 4.91 Å². The first-order valence-electron chi connectivity index (χ1n) is 11.9. The van der Waals surface area contributed by atoms with Crippen LogP contribution in [0.5, 0.6) is 23.0 Å². The highest BCUT2D eigenvalue weighted by Gasteiger charge is 2.36. The van der Waals surface area contributed by atoms with Gasteiger partial charge in [0.2, 0.25) is 5.91 Å². The zero-order valence-corrected chi connectivity index (χ0v) is 21.1. The van der Waals surface area contributed by atoms with Gasteiger partial charge in [-0.3, -0.25) is 19.3 Å². The summed E-state index contributed by atoms with van der Waals surface area (Å²) in [5.74, 6) is 1.46. The van der Waals surface area contributed by atoms with E-state index in [0.717, 1.165) is 22.4 Å². The Balaban J connectivity index is 1.16. The lowest BCUT2D eigenvalue weighted by molar-refractivity contribution is -0.127. The van der Waals surface area contributed by atoms with Crippen molar-refractivity contribution in [1.29, 1.82) is 0 Å². The van der Waals surface area contributed by atoms with Crippen molar-refractivity contribution < 1.29 is 33.3 Å². The van der Waals surface area contributed by atoms with E-state index in [1.807, 2.05) is 30.3 Å². The van der Waals surface area contributed by atoms with Gasteiger partial charge in [-0.15, -0.1) is 0 Å². The summed E-state index contributed by atoms with van der Waals surface area (Å²) in [5, 5.41) is 2.18. The van der Waals surface area contributed by atoms with Crippen molar-refractivity contribution in [3.63, 3.8) is 0 Å². The van der Waals surface area contributed by atoms with Crippen LogP contribution in [0, 0.1) is 0 Å². The summed E-state index contributed by atoms with van der Waals surface area (Å²) in [6.07, 6.45) is 1.61. The molecular weight excluding hydrogens is 508 g/mol. The molecule has 38 heavy (non-hydrogen) atoms. The van der Waals surface area contributed by atoms with Crippen molar-refractivity contribution in [2.24, 2.45) is 0 Å². The van der Waals surface area contributed by atoms with Gasteiger partial charge in [0, 0.05) is 11.8 Å². The van der Waals surface area contributed by atoms with Gasteiger partial charge >= 0.3 is 0 Å². The molecule has 0 saturated carbocycles. The van der Waals surface area contributed by atoms with Crippen molar-refractivity contribution in [1.82, 2.24) is 4.90 Å². The minimum absolute atomic E-state index is 0.228. The Bertz CT molecular complexity index is 1380. The standard InChI is InChI=1S/C28H24N2O7S/c31-26(29-20-9-10-23-24(17-20)37-14-13-36-23)18-30-27(32)25(38-28(30)33)16-19-5-4-8-22(15-19)35-12-11-34-21-6-2-1-3-7-21/h1-10,15-17H,11-14,18H2,(H,29,31)/b25-16+. The first-order valence-corrected chi connectivity index (χ1v) is 12.7. The molecule has 1 saturated heterocycles. The van der Waals surface area contributed by atoms with Gasteiger partial charge in [0.1, 0.15) is 44.5 Å². The molecule has 5 rings (SSSR count). The Kier molecular flexibility index (Phi) is 7.79. The summed E-state index contributed by atoms with van der Waals surface area (Å²) in [4.78, 5) is 39.1. The van der Waals surface area contributed by atoms with Gasteiger partial charge in [0.25, 0.3) is 11.1 Å². The van der Waals surface area contributed by atoms with Crippen molar-refractivity contribution >= 4 is 40.6 Å². The summed E-state index contributed by atoms with van der Waals surface area (Å²) in [6.45, 7) is 1.20. The van der Waals surface area contributed by atoms with E-state index < -0.39 is 23.6 Å². The fourth-order valence-electron chi connectivity index (χ4n) is 3.78. The highest BCUT2D eigenvalue weighted by atomic mass is 32.2. The van der Waals surface area contributed by atoms with Crippen LogP contribution in [0.1, 0.15) is 5.56 Å². The van der Waals surface area contributed by atoms with Crippen LogP contribution in [0.15, 0.2) is 77.7 Å². The highest BCUT2D eigenvalue weighted by molar-refractivity contribution is 8.18. The Labute approximate surface area is 223 Å². The molecule has 0 unspecified atom stereocenters. The Morgan fingerprint density at radius 3 is 2.45 bits per heavy atom. The number of ether oxygens (including phenoxy) is 4. The molecule has 2 aliphatic heterocycles. The summed E-state index contributed by atoms with van der Waals surface area (Å²) in [7, 11) is 0. The zero-order valence-electron chi connectivity index (χ0n) is 20.3. The van der Waals surface area contributed by atoms with Crippen molar-refractivity contribution in [3.05, 3.63) is 83.3 Å². The van der Waals surface area contributed by atoms with Crippen molar-refractivity contribution in [3.8, 4) is 23.0 Å². The number of anilines is 1. The molecule has 2 aliphatic rings. The molecule has 0 radical (unpaired) electrons. The number of carbonyl (C=O) groups is 3. The molecule has 9 nitrogen and oxygen atoms in total. The number of rotatable bonds is 9. The fraction of sp³-hybridized carbons (Fsp3) is 0.179. The minimum Gasteiger partial charge on any atom is -0.490 e. The molecule has 0 spiro atoms. The van der Waals surface area contributed by atoms with Crippen LogP contribution in [0.25, 0.3) is 6.08 Å². The number of imide groups is 1. The van der Waals surface area contributed by atoms with Gasteiger partial charge in [-0.1, -0.05) is 30.3 Å². The molecule has 0 aliphatic carbocycles. The predicted octanol–water partition coefficient (Wildman–Crippen LogP) is 4.59. The van der Waals surface area contributed by atoms with Gasteiger partial charge in [0.15, 0.2) is 11.5 Å². The molecule has 1 N–H and O–H groups in total. The van der Waals surface area contributed by atoms with Gasteiger partial charge in [-0.25, -0.2) is 0 Å². The normalized spacial score (nSPS) is 15.5. The average Bonchev–Trinajstić information content (AvgIpc) is 3.19. The van der Waals surface area contributed by atoms with Crippen LogP contribution in [0.4, 0.5) is 10.5 Å². The molecular formula is C28H24N2O7S. The van der Waals surface area contributed by atoms with E-state index in [1.54, 1.807) is 48.5 Å². The third-order valence-electron chi connectivity index (χ3n) is 5.52. The number of hydrogen-bond donors (Lipinski definition) is 1. The number of thioether (sulfide) groups is 1. The van der Waals surface area contributed by atoms with Crippen molar-refractivity contribution in [2.45, 2.75) is 0 Å². The van der Waals surface area contributed by atoms with Crippen LogP contribution in [-0.4, -0.2) is 54.9 Å². The lowest BCUT2D eigenvalue weighted by Gasteiger charge is -2.19. The maximum atomic E-state index is 12.9. The van der Waals surface area contributed by atoms with E-state index in [9.17, 15) is 14.4 Å². The molecule has 3 aromatic rings. The maximum Gasteiger partial charge on any atom is 0.294 e. The second-order valence-electron chi connectivity index (χ2n) is 8.26. The number of nitrogens with one attached hydrogen (secondary N) is 1. The van der Waals surface area contributed by atoms with E-state index in [2.05, 4.69) is 5.32 Å². The molecule has 194 valence electrons. The van der Waals surface area contributed by atoms with Crippen molar-refractivity contribution in [2.75, 3.05) is 38.3 Å². The van der Waals surface area contributed by atoms with E-state index in [0.29, 0.717) is 54.9 Å². The van der Waals surface area contributed by atoms with E-state index in [4.69, 9.17) is 18.9 Å². The van der Waals surface area contributed by atoms with Crippen LogP contribution in [-0.2, 0) is 9.59 Å². The number of para-hydroxylation sites is 1. The predicted molar refractivity (Wildman–Crippen MR) is 143 cm³/mol. The lowest BCUT2D eigenvalue weighted by Crippen LogP contribution is -2.36. The number of fused-ring (bicyclic) bond motifs is 1. The number of carbonyl (C=O) groups excluding carboxylic acids is 3. The van der Waals surface area contributed by atoms with Gasteiger partial charge in [-0.05, 0) is 59.8 Å². The second-order valence-corrected chi connectivity index (χ2v) is 9.25. The quantitative estimate of drug-likeness (QED) is 0.315. The molecule has 10 heteroatoms. The smallest absolute Gasteiger partial charge is 0.294 e. The molecule has 0 bridgehead atoms. The molecule has 1 fully saturated rings. The van der Waals surface area contributed by atoms with Crippen LogP contribution >= 0.6 is 11.8 Å². The molecule has 3 amide bonds. The van der Waals surface area contributed by atoms with Gasteiger partial charge < -0.3 is 24.3 Å². The summed E-state index contributed by atoms with van der Waals surface area (Å²) in [5.41, 5.74) is 1.17. The maximum absolute atomic E-state index is 12.9. The monoisotopic (exact) mass is 532 g/mol. The molecule has 3 aromatic carbocycles. The number of benzene rings is 3. The Morgan fingerprint density at radius 1 is 0.895 bits per heavy atom. The summed E-state index contributed by atoms with van der Waals surface area (Å²) >= 11 is 0.790. The van der Waals surface area contributed by atoms with Gasteiger partial charge in [-0.2, -0.15) is 0 Å². The first-order chi connectivity index (χ1) is 18.5. The van der Waals surface area contributed by atoms with E-state index >= 15 is 0 Å². The zero-order chi connectivity index (χ0) is 26.3. The fourth-order valence-corrected chi connectivity index (χ4v) is 4.62. The van der Waals surface area contributed by atoms with E-state index in [1.165, 1.54) is 0 Å². The third kappa shape index (κ3) is 6.27. The summed E-state index contributed by atoms with van der Waals surface area (Å²) < 4.78 is 22.4. The molecule has 0 atom stereocenters. The lowest BCUT2D eigenvalue weighted by atomic mass is 10.2. The van der Waals surface area contributed by atoms with Crippen LogP contribution in [0.2, 0.25) is 0 Å². The SMILES string of the molecule is O=C(CN1C(=O)S/C(=C/c2cccc(OCCOc3ccccc3)c2)C1=O)Nc1ccc2c(c1)OCCO2. The number of hydrogen-bond acceptors (Lipinski definition) is 8.